The Balaban J connectivity index is 1.52. The molecular weight excluding hydrogens is 506 g/mol. The summed E-state index contributed by atoms with van der Waals surface area (Å²) in [4.78, 5) is 13.1. The van der Waals surface area contributed by atoms with Gasteiger partial charge in [0, 0.05) is 49.7 Å². The molecule has 0 radical (unpaired) electrons. The molecule has 0 saturated heterocycles. The summed E-state index contributed by atoms with van der Waals surface area (Å²) in [5.74, 6) is -4.93. The Hall–Kier alpha value is -2.76. The molecule has 0 aliphatic heterocycles. The highest BCUT2D eigenvalue weighted by molar-refractivity contribution is 8.13. The van der Waals surface area contributed by atoms with Crippen LogP contribution in [-0.2, 0) is 0 Å². The van der Waals surface area contributed by atoms with Crippen molar-refractivity contribution < 1.29 is 17.6 Å². The van der Waals surface area contributed by atoms with Crippen LogP contribution in [0.2, 0.25) is 0 Å². The van der Waals surface area contributed by atoms with E-state index in [1.165, 1.54) is 0 Å². The van der Waals surface area contributed by atoms with Crippen molar-refractivity contribution in [2.45, 2.75) is 88.6 Å². The number of halogens is 4. The van der Waals surface area contributed by atoms with Crippen LogP contribution in [0.15, 0.2) is 34.7 Å². The van der Waals surface area contributed by atoms with Gasteiger partial charge in [-0.3, -0.25) is 5.41 Å². The van der Waals surface area contributed by atoms with Gasteiger partial charge in [0.05, 0.1) is 5.71 Å². The Morgan fingerprint density at radius 2 is 1.38 bits per heavy atom. The second kappa shape index (κ2) is 11.7. The maximum atomic E-state index is 13.6. The van der Waals surface area contributed by atoms with E-state index in [9.17, 15) is 17.6 Å². The van der Waals surface area contributed by atoms with Gasteiger partial charge in [0.1, 0.15) is 0 Å². The summed E-state index contributed by atoms with van der Waals surface area (Å²) in [6, 6.07) is 9.17. The highest BCUT2D eigenvalue weighted by atomic mass is 32.2. The summed E-state index contributed by atoms with van der Waals surface area (Å²) in [6.07, 6.45) is 0.855. The Morgan fingerprint density at radius 3 is 1.84 bits per heavy atom. The van der Waals surface area contributed by atoms with E-state index in [1.807, 2.05) is 37.3 Å². The quantitative estimate of drug-likeness (QED) is 0.150. The number of nitrogens with zero attached hydrogens (tertiary/aromatic N) is 4. The first-order chi connectivity index (χ1) is 17.6. The first-order valence-corrected chi connectivity index (χ1v) is 13.3. The summed E-state index contributed by atoms with van der Waals surface area (Å²) in [5, 5.41) is 14.8. The Morgan fingerprint density at radius 1 is 0.892 bits per heavy atom. The molecule has 0 spiro atoms. The van der Waals surface area contributed by atoms with Crippen molar-refractivity contribution in [2.75, 3.05) is 10.6 Å². The van der Waals surface area contributed by atoms with Crippen molar-refractivity contribution >= 4 is 34.6 Å². The van der Waals surface area contributed by atoms with Crippen molar-refractivity contribution in [3.05, 3.63) is 41.7 Å². The molecule has 1 heterocycles. The van der Waals surface area contributed by atoms with Gasteiger partial charge in [-0.15, -0.1) is 0 Å². The van der Waals surface area contributed by atoms with Gasteiger partial charge < -0.3 is 10.6 Å². The van der Waals surface area contributed by atoms with Crippen LogP contribution in [0.25, 0.3) is 0 Å². The van der Waals surface area contributed by atoms with Gasteiger partial charge in [-0.1, -0.05) is 37.3 Å². The summed E-state index contributed by atoms with van der Waals surface area (Å²) in [5.41, 5.74) is 1.77. The monoisotopic (exact) mass is 537 g/mol. The number of anilines is 2. The van der Waals surface area contributed by atoms with Gasteiger partial charge in [-0.25, -0.2) is 22.0 Å². The van der Waals surface area contributed by atoms with Crippen LogP contribution in [0, 0.1) is 5.41 Å². The van der Waals surface area contributed by atoms with E-state index in [2.05, 4.69) is 30.0 Å². The van der Waals surface area contributed by atoms with Crippen molar-refractivity contribution in [3.8, 4) is 0 Å². The third-order valence-corrected chi connectivity index (χ3v) is 7.31. The molecule has 37 heavy (non-hydrogen) atoms. The molecule has 0 unspecified atom stereocenters. The van der Waals surface area contributed by atoms with E-state index in [-0.39, 0.29) is 86.2 Å². The SMILES string of the molecule is CC/C(=N\SC(=N)c1nc(NC2CCC(F)(F)CC2)nc(NC2CCC(F)(F)CC2)n1)c1ccccc1. The lowest BCUT2D eigenvalue weighted by molar-refractivity contribution is -0.0366. The molecule has 200 valence electrons. The Bertz CT molecular complexity index is 1050. The van der Waals surface area contributed by atoms with Gasteiger partial charge in [0.15, 0.2) is 10.9 Å². The number of benzene rings is 1. The van der Waals surface area contributed by atoms with Gasteiger partial charge in [0.25, 0.3) is 0 Å². The molecule has 1 aromatic heterocycles. The van der Waals surface area contributed by atoms with E-state index < -0.39 is 11.8 Å². The van der Waals surface area contributed by atoms with Gasteiger partial charge in [0.2, 0.25) is 23.7 Å². The molecule has 0 amide bonds. The molecule has 7 nitrogen and oxygen atoms in total. The van der Waals surface area contributed by atoms with Crippen molar-refractivity contribution in [2.24, 2.45) is 4.40 Å². The minimum absolute atomic E-state index is 0.0132. The lowest BCUT2D eigenvalue weighted by Crippen LogP contribution is -2.34. The Kier molecular flexibility index (Phi) is 8.66. The van der Waals surface area contributed by atoms with Crippen LogP contribution in [0.3, 0.4) is 0 Å². The summed E-state index contributed by atoms with van der Waals surface area (Å²) in [7, 11) is 0. The maximum Gasteiger partial charge on any atom is 0.248 e. The van der Waals surface area contributed by atoms with Crippen LogP contribution in [-0.4, -0.2) is 49.6 Å². The predicted octanol–water partition coefficient (Wildman–Crippen LogP) is 6.72. The third kappa shape index (κ3) is 7.86. The summed E-state index contributed by atoms with van der Waals surface area (Å²) < 4.78 is 58.9. The fourth-order valence-corrected chi connectivity index (χ4v) is 5.04. The Labute approximate surface area is 218 Å². The fraction of sp³-hybridized carbons (Fsp3) is 0.560. The molecule has 2 saturated carbocycles. The highest BCUT2D eigenvalue weighted by Gasteiger charge is 2.36. The molecule has 12 heteroatoms. The minimum Gasteiger partial charge on any atom is -0.351 e. The second-order valence-corrected chi connectivity index (χ2v) is 10.3. The van der Waals surface area contributed by atoms with Crippen LogP contribution < -0.4 is 10.6 Å². The highest BCUT2D eigenvalue weighted by Crippen LogP contribution is 2.35. The minimum atomic E-state index is -2.66. The molecule has 2 aromatic rings. The topological polar surface area (TPSA) is 98.9 Å². The normalized spacial score (nSPS) is 20.4. The molecule has 2 fully saturated rings. The zero-order valence-corrected chi connectivity index (χ0v) is 21.4. The molecule has 2 aliphatic carbocycles. The number of nitrogens with one attached hydrogen (secondary N) is 3. The molecule has 2 aliphatic rings. The van der Waals surface area contributed by atoms with Crippen molar-refractivity contribution in [3.63, 3.8) is 0 Å². The number of rotatable bonds is 8. The fourth-order valence-electron chi connectivity index (χ4n) is 4.43. The standard InChI is InChI=1S/C25H31F4N7S/c1-2-19(16-6-4-3-5-7-16)36-37-20(30)21-33-22(31-17-8-12-24(26,27)13-9-17)35-23(34-21)32-18-10-14-25(28,29)15-11-18/h3-7,17-18,30H,2,8-15H2,1H3,(H2,31,32,33,34,35)/b30-20?,36-19+. The summed E-state index contributed by atoms with van der Waals surface area (Å²) in [6.45, 7) is 1.98. The largest absolute Gasteiger partial charge is 0.351 e. The first kappa shape index (κ1) is 27.3. The van der Waals surface area contributed by atoms with E-state index in [0.717, 1.165) is 23.2 Å². The van der Waals surface area contributed by atoms with E-state index in [0.29, 0.717) is 6.42 Å². The average molecular weight is 538 g/mol. The second-order valence-electron chi connectivity index (χ2n) is 9.53. The first-order valence-electron chi connectivity index (χ1n) is 12.6. The lowest BCUT2D eigenvalue weighted by atomic mass is 9.92. The van der Waals surface area contributed by atoms with Crippen LogP contribution in [0.4, 0.5) is 29.5 Å². The van der Waals surface area contributed by atoms with Crippen LogP contribution in [0.5, 0.6) is 0 Å². The average Bonchev–Trinajstić information content (AvgIpc) is 2.87. The van der Waals surface area contributed by atoms with Gasteiger partial charge >= 0.3 is 0 Å². The zero-order chi connectivity index (χ0) is 26.5. The molecular formula is C25H31F4N7S. The van der Waals surface area contributed by atoms with Crippen molar-refractivity contribution in [1.82, 2.24) is 15.0 Å². The van der Waals surface area contributed by atoms with Crippen molar-refractivity contribution in [1.29, 1.82) is 5.41 Å². The number of hydrogen-bond donors (Lipinski definition) is 3. The summed E-state index contributed by atoms with van der Waals surface area (Å²) >= 11 is 0.931. The molecule has 0 atom stereocenters. The molecule has 0 bridgehead atoms. The van der Waals surface area contributed by atoms with E-state index >= 15 is 0 Å². The maximum absolute atomic E-state index is 13.6. The number of hydrogen-bond acceptors (Lipinski definition) is 8. The number of aromatic nitrogens is 3. The van der Waals surface area contributed by atoms with Crippen LogP contribution in [0.1, 0.15) is 76.1 Å². The smallest absolute Gasteiger partial charge is 0.248 e. The van der Waals surface area contributed by atoms with Crippen LogP contribution >= 0.6 is 11.9 Å². The van der Waals surface area contributed by atoms with E-state index in [1.54, 1.807) is 0 Å². The zero-order valence-electron chi connectivity index (χ0n) is 20.6. The lowest BCUT2D eigenvalue weighted by Gasteiger charge is -2.30. The number of alkyl halides is 4. The third-order valence-electron chi connectivity index (χ3n) is 6.63. The van der Waals surface area contributed by atoms with Gasteiger partial charge in [-0.05, 0) is 37.7 Å². The molecule has 4 rings (SSSR count). The molecule has 3 N–H and O–H groups in total. The van der Waals surface area contributed by atoms with E-state index in [4.69, 9.17) is 5.41 Å². The predicted molar refractivity (Wildman–Crippen MR) is 139 cm³/mol. The molecule has 1 aromatic carbocycles. The van der Waals surface area contributed by atoms with Gasteiger partial charge in [-0.2, -0.15) is 15.0 Å².